The summed E-state index contributed by atoms with van der Waals surface area (Å²) in [5, 5.41) is 7.97. The lowest BCUT2D eigenvalue weighted by Crippen LogP contribution is -2.78. The molecule has 0 saturated carbocycles. The van der Waals surface area contributed by atoms with Crippen LogP contribution in [0.5, 0.6) is 0 Å². The first kappa shape index (κ1) is 5.27. The molecule has 0 radical (unpaired) electrons. The van der Waals surface area contributed by atoms with Crippen LogP contribution >= 0.6 is 0 Å². The van der Waals surface area contributed by atoms with Crippen molar-refractivity contribution in [3.8, 4) is 0 Å². The molecule has 0 amide bonds. The van der Waals surface area contributed by atoms with E-state index in [1.165, 1.54) is 4.72 Å². The summed E-state index contributed by atoms with van der Waals surface area (Å²) < 4.78 is 1.51. The third-order valence-electron chi connectivity index (χ3n) is 0.247. The molecule has 0 aromatic heterocycles. The van der Waals surface area contributed by atoms with Crippen LogP contribution in [0.15, 0.2) is 0 Å². The van der Waals surface area contributed by atoms with Crippen molar-refractivity contribution in [2.24, 2.45) is 0 Å². The second kappa shape index (κ2) is 4.27. The molecule has 0 aromatic rings. The van der Waals surface area contributed by atoms with Crippen LogP contribution in [0, 0.1) is 0 Å². The predicted molar refractivity (Wildman–Crippen MR) is 21.2 cm³/mol. The van der Waals surface area contributed by atoms with Crippen LogP contribution in [0.4, 0.5) is 0 Å². The molecule has 0 saturated heterocycles. The van der Waals surface area contributed by atoms with Crippen molar-refractivity contribution in [1.29, 1.82) is 0 Å². The lowest BCUT2D eigenvalue weighted by molar-refractivity contribution is -0.481. The fourth-order valence-electron chi connectivity index (χ4n) is 0.0527. The Morgan fingerprint density at radius 3 is 2.40 bits per heavy atom. The first-order valence-corrected chi connectivity index (χ1v) is 1.93. The molecule has 0 unspecified atom stereocenters. The number of nitrogens with two attached hydrogens (primary N) is 1. The first-order valence-electron chi connectivity index (χ1n) is 1.46. The number of aliphatic hydroxyl groups is 1. The number of hydrogen-bond donors (Lipinski definition) is 2. The van der Waals surface area contributed by atoms with E-state index in [1.807, 2.05) is 0 Å². The highest BCUT2D eigenvalue weighted by atomic mass is 32.1. The fraction of sp³-hybridized carbons (Fsp3) is 1.00. The van der Waals surface area contributed by atoms with E-state index in [4.69, 9.17) is 5.11 Å². The molecule has 3 N–H and O–H groups in total. The van der Waals surface area contributed by atoms with Gasteiger partial charge in [0.15, 0.2) is 0 Å². The maximum absolute atomic E-state index is 7.97. The fourth-order valence-corrected chi connectivity index (χ4v) is 0.158. The van der Waals surface area contributed by atoms with E-state index in [1.54, 1.807) is 0 Å². The number of rotatable bonds is 2. The highest BCUT2D eigenvalue weighted by molar-refractivity contribution is 7.50. The molecule has 0 spiro atoms. The summed E-state index contributed by atoms with van der Waals surface area (Å²) in [5.41, 5.74) is 0. The Labute approximate surface area is 36.7 Å². The standard InChI is InChI=1S/C2H7NOS/c4-2-1-3-5/h4H,1-3H2. The Morgan fingerprint density at radius 1 is 1.80 bits per heavy atom. The van der Waals surface area contributed by atoms with Gasteiger partial charge in [-0.05, 0) is 0 Å². The highest BCUT2D eigenvalue weighted by Gasteiger charge is 1.64. The summed E-state index contributed by atoms with van der Waals surface area (Å²) in [4.78, 5) is 0. The zero-order chi connectivity index (χ0) is 4.12. The van der Waals surface area contributed by atoms with E-state index in [0.717, 1.165) is 0 Å². The number of aliphatic hydroxyl groups excluding tert-OH is 1. The van der Waals surface area contributed by atoms with Gasteiger partial charge in [-0.2, -0.15) is 0 Å². The molecule has 2 nitrogen and oxygen atoms in total. The monoisotopic (exact) mass is 93.0 g/mol. The van der Waals surface area contributed by atoms with Crippen LogP contribution in [0.2, 0.25) is 0 Å². The maximum atomic E-state index is 7.97. The molecule has 0 aliphatic carbocycles. The minimum atomic E-state index is 0.184. The van der Waals surface area contributed by atoms with Crippen LogP contribution in [0.25, 0.3) is 0 Å². The average Bonchev–Trinajstić information content (AvgIpc) is 1.41. The van der Waals surface area contributed by atoms with Crippen molar-refractivity contribution in [3.05, 3.63) is 0 Å². The van der Waals surface area contributed by atoms with E-state index >= 15 is 0 Å². The van der Waals surface area contributed by atoms with E-state index < -0.39 is 0 Å². The molecule has 5 heavy (non-hydrogen) atoms. The minimum Gasteiger partial charge on any atom is -0.498 e. The third kappa shape index (κ3) is 4.27. The van der Waals surface area contributed by atoms with Crippen molar-refractivity contribution >= 4 is 12.8 Å². The van der Waals surface area contributed by atoms with Gasteiger partial charge in [-0.25, -0.2) is 0 Å². The average molecular weight is 93.2 g/mol. The molecule has 32 valence electrons. The summed E-state index contributed by atoms with van der Waals surface area (Å²) in [5.74, 6) is 0. The van der Waals surface area contributed by atoms with E-state index in [2.05, 4.69) is 12.8 Å². The van der Waals surface area contributed by atoms with Crippen LogP contribution in [0.3, 0.4) is 0 Å². The zero-order valence-electron chi connectivity index (χ0n) is 2.85. The molecule has 0 rings (SSSR count). The Balaban J connectivity index is 2.19. The Hall–Kier alpha value is 0.270. The van der Waals surface area contributed by atoms with Gasteiger partial charge in [0.05, 0.1) is 13.2 Å². The largest absolute Gasteiger partial charge is 0.498 e. The van der Waals surface area contributed by atoms with Gasteiger partial charge in [0.25, 0.3) is 0 Å². The quantitative estimate of drug-likeness (QED) is 0.388. The van der Waals surface area contributed by atoms with Gasteiger partial charge in [0.2, 0.25) is 0 Å². The Morgan fingerprint density at radius 2 is 2.40 bits per heavy atom. The summed E-state index contributed by atoms with van der Waals surface area (Å²) in [6, 6.07) is 0. The highest BCUT2D eigenvalue weighted by Crippen LogP contribution is 1.32. The van der Waals surface area contributed by atoms with Gasteiger partial charge in [-0.15, -0.1) is 0 Å². The Kier molecular flexibility index (Phi) is 4.50. The van der Waals surface area contributed by atoms with Gasteiger partial charge >= 0.3 is 0 Å². The normalized spacial score (nSPS) is 8.40. The van der Waals surface area contributed by atoms with Gasteiger partial charge in [-0.1, -0.05) is 0 Å². The molecule has 3 heteroatoms. The molecule has 0 aliphatic rings. The summed E-state index contributed by atoms with van der Waals surface area (Å²) in [7, 11) is 0. The number of quaternary nitrogens is 1. The van der Waals surface area contributed by atoms with Crippen LogP contribution in [0.1, 0.15) is 0 Å². The molecule has 0 aliphatic heterocycles. The van der Waals surface area contributed by atoms with Gasteiger partial charge in [0, 0.05) is 0 Å². The van der Waals surface area contributed by atoms with Gasteiger partial charge in [0.1, 0.15) is 0 Å². The molecule has 0 fully saturated rings. The predicted octanol–water partition coefficient (Wildman–Crippen LogP) is -2.00. The Bertz CT molecular complexity index is 17.1. The lowest BCUT2D eigenvalue weighted by atomic mass is 10.8. The molecular weight excluding hydrogens is 86.1 g/mol. The van der Waals surface area contributed by atoms with Crippen LogP contribution in [-0.4, -0.2) is 18.3 Å². The molecule has 0 bridgehead atoms. The van der Waals surface area contributed by atoms with Crippen molar-refractivity contribution < 1.29 is 9.83 Å². The van der Waals surface area contributed by atoms with Crippen molar-refractivity contribution in [1.82, 2.24) is 0 Å². The van der Waals surface area contributed by atoms with Crippen molar-refractivity contribution in [2.45, 2.75) is 0 Å². The van der Waals surface area contributed by atoms with E-state index in [0.29, 0.717) is 6.54 Å². The van der Waals surface area contributed by atoms with Crippen molar-refractivity contribution in [2.75, 3.05) is 13.2 Å². The summed E-state index contributed by atoms with van der Waals surface area (Å²) in [6.07, 6.45) is 0. The molecule has 0 atom stereocenters. The van der Waals surface area contributed by atoms with Crippen LogP contribution in [-0.2, 0) is 12.8 Å². The second-order valence-electron chi connectivity index (χ2n) is 0.679. The van der Waals surface area contributed by atoms with E-state index in [-0.39, 0.29) is 6.61 Å². The zero-order valence-corrected chi connectivity index (χ0v) is 3.66. The molecular formula is C2H7NOS. The topological polar surface area (TPSA) is 36.8 Å². The minimum absolute atomic E-state index is 0.184. The first-order chi connectivity index (χ1) is 2.41. The van der Waals surface area contributed by atoms with Gasteiger partial charge < -0.3 is 22.6 Å². The lowest BCUT2D eigenvalue weighted by Gasteiger charge is -1.93. The smallest absolute Gasteiger partial charge is 0.0908 e. The second-order valence-corrected chi connectivity index (χ2v) is 1.01. The van der Waals surface area contributed by atoms with E-state index in [9.17, 15) is 0 Å². The van der Waals surface area contributed by atoms with Gasteiger partial charge in [-0.3, -0.25) is 0 Å². The maximum Gasteiger partial charge on any atom is 0.0908 e. The molecule has 0 aromatic carbocycles. The third-order valence-corrected chi connectivity index (χ3v) is 0.483. The molecule has 0 heterocycles. The summed E-state index contributed by atoms with van der Waals surface area (Å²) >= 11 is 4.37. The van der Waals surface area contributed by atoms with Crippen molar-refractivity contribution in [3.63, 3.8) is 0 Å². The van der Waals surface area contributed by atoms with Crippen LogP contribution < -0.4 is 4.72 Å². The SMILES string of the molecule is OCC[NH2+][S-]. The number of hydrogen-bond acceptors (Lipinski definition) is 2. The summed E-state index contributed by atoms with van der Waals surface area (Å²) in [6.45, 7) is 0.818.